The van der Waals surface area contributed by atoms with E-state index in [0.717, 1.165) is 0 Å². The molecule has 0 spiro atoms. The summed E-state index contributed by atoms with van der Waals surface area (Å²) >= 11 is 0. The van der Waals surface area contributed by atoms with Crippen LogP contribution < -0.4 is 20.3 Å². The number of amides is 1. The van der Waals surface area contributed by atoms with Gasteiger partial charge in [0.05, 0.1) is 14.2 Å². The Bertz CT molecular complexity index is 819. The van der Waals surface area contributed by atoms with E-state index in [0.29, 0.717) is 16.9 Å². The highest BCUT2D eigenvalue weighted by molar-refractivity contribution is 5.98. The number of phenolic OH excluding ortho intramolecular Hbond substituents is 1. The van der Waals surface area contributed by atoms with Crippen LogP contribution in [0.2, 0.25) is 0 Å². The predicted octanol–water partition coefficient (Wildman–Crippen LogP) is 1.51. The summed E-state index contributed by atoms with van der Waals surface area (Å²) in [6, 6.07) is 9.04. The topological polar surface area (TPSA) is 106 Å². The van der Waals surface area contributed by atoms with Gasteiger partial charge in [-0.3, -0.25) is 10.2 Å². The van der Waals surface area contributed by atoms with Gasteiger partial charge in [0.1, 0.15) is 11.3 Å². The molecule has 1 atom stereocenters. The van der Waals surface area contributed by atoms with Crippen LogP contribution in [0.3, 0.4) is 0 Å². The first-order valence-electron chi connectivity index (χ1n) is 7.36. The van der Waals surface area contributed by atoms with Crippen molar-refractivity contribution in [2.45, 2.75) is 6.23 Å². The average molecular weight is 344 g/mol. The molecule has 8 heteroatoms. The molecule has 25 heavy (non-hydrogen) atoms. The zero-order chi connectivity index (χ0) is 18.0. The molecule has 0 unspecified atom stereocenters. The SMILES string of the molecule is COc1ccc2c(c1OC)C(=O)O[C@@H]2NNC(=O)c1ccc(O)cc1. The molecular weight excluding hydrogens is 328 g/mol. The maximum atomic E-state index is 12.1. The van der Waals surface area contributed by atoms with Crippen LogP contribution in [0.5, 0.6) is 17.2 Å². The third-order valence-electron chi connectivity index (χ3n) is 3.74. The zero-order valence-electron chi connectivity index (χ0n) is 13.5. The number of ether oxygens (including phenoxy) is 3. The van der Waals surface area contributed by atoms with Crippen LogP contribution in [-0.4, -0.2) is 31.2 Å². The number of aromatic hydroxyl groups is 1. The number of nitrogens with one attached hydrogen (secondary N) is 2. The predicted molar refractivity (Wildman–Crippen MR) is 86.4 cm³/mol. The Morgan fingerprint density at radius 3 is 2.48 bits per heavy atom. The van der Waals surface area contributed by atoms with Gasteiger partial charge in [0, 0.05) is 11.1 Å². The molecule has 0 saturated carbocycles. The van der Waals surface area contributed by atoms with Gasteiger partial charge in [0.25, 0.3) is 5.91 Å². The minimum atomic E-state index is -0.858. The molecule has 2 aromatic carbocycles. The Balaban J connectivity index is 1.77. The molecule has 8 nitrogen and oxygen atoms in total. The van der Waals surface area contributed by atoms with Gasteiger partial charge in [0.2, 0.25) is 0 Å². The molecule has 0 aliphatic carbocycles. The summed E-state index contributed by atoms with van der Waals surface area (Å²) in [5.41, 5.74) is 6.24. The molecule has 2 aromatic rings. The van der Waals surface area contributed by atoms with E-state index in [9.17, 15) is 14.7 Å². The fourth-order valence-corrected chi connectivity index (χ4v) is 2.52. The van der Waals surface area contributed by atoms with Crippen molar-refractivity contribution in [3.63, 3.8) is 0 Å². The summed E-state index contributed by atoms with van der Waals surface area (Å²) in [7, 11) is 2.90. The van der Waals surface area contributed by atoms with Crippen LogP contribution in [0.25, 0.3) is 0 Å². The summed E-state index contributed by atoms with van der Waals surface area (Å²) in [6.45, 7) is 0. The quantitative estimate of drug-likeness (QED) is 0.558. The standard InChI is InChI=1S/C17H16N2O6/c1-23-12-8-7-11-13(14(12)24-2)17(22)25-16(11)19-18-15(21)9-3-5-10(20)6-4-9/h3-8,16,19-20H,1-2H3,(H,18,21)/t16-/m0/s1. The molecule has 130 valence electrons. The number of carbonyl (C=O) groups is 2. The number of benzene rings is 2. The van der Waals surface area contributed by atoms with Crippen LogP contribution in [0, 0.1) is 0 Å². The van der Waals surface area contributed by atoms with Crippen molar-refractivity contribution < 1.29 is 28.9 Å². The second-order valence-electron chi connectivity index (χ2n) is 5.20. The van der Waals surface area contributed by atoms with Gasteiger partial charge < -0.3 is 19.3 Å². The smallest absolute Gasteiger partial charge is 0.344 e. The maximum absolute atomic E-state index is 12.1. The summed E-state index contributed by atoms with van der Waals surface area (Å²) in [5.74, 6) is -0.276. The highest BCUT2D eigenvalue weighted by atomic mass is 16.6. The summed E-state index contributed by atoms with van der Waals surface area (Å²) in [5, 5.41) is 9.24. The van der Waals surface area contributed by atoms with Crippen molar-refractivity contribution in [1.82, 2.24) is 10.9 Å². The molecule has 0 radical (unpaired) electrons. The van der Waals surface area contributed by atoms with Gasteiger partial charge >= 0.3 is 5.97 Å². The Morgan fingerprint density at radius 2 is 1.84 bits per heavy atom. The van der Waals surface area contributed by atoms with Crippen LogP contribution in [0.4, 0.5) is 0 Å². The third kappa shape index (κ3) is 3.07. The minimum Gasteiger partial charge on any atom is -0.508 e. The number of rotatable bonds is 5. The Morgan fingerprint density at radius 1 is 1.12 bits per heavy atom. The van der Waals surface area contributed by atoms with Gasteiger partial charge in [-0.15, -0.1) is 0 Å². The second-order valence-corrected chi connectivity index (χ2v) is 5.20. The van der Waals surface area contributed by atoms with E-state index in [1.807, 2.05) is 0 Å². The van der Waals surface area contributed by atoms with E-state index in [1.165, 1.54) is 38.5 Å². The molecule has 1 amide bonds. The molecule has 0 bridgehead atoms. The number of methoxy groups -OCH3 is 2. The molecule has 3 N–H and O–H groups in total. The van der Waals surface area contributed by atoms with Gasteiger partial charge in [-0.1, -0.05) is 0 Å². The molecule has 0 fully saturated rings. The van der Waals surface area contributed by atoms with E-state index in [2.05, 4.69) is 10.9 Å². The lowest BCUT2D eigenvalue weighted by molar-refractivity contribution is 0.0260. The van der Waals surface area contributed by atoms with Gasteiger partial charge in [-0.2, -0.15) is 5.43 Å². The Labute approximate surface area is 143 Å². The van der Waals surface area contributed by atoms with Gasteiger partial charge in [-0.05, 0) is 36.4 Å². The lowest BCUT2D eigenvalue weighted by Gasteiger charge is -2.14. The Hall–Kier alpha value is -3.26. The van der Waals surface area contributed by atoms with Gasteiger partial charge in [-0.25, -0.2) is 4.79 Å². The normalized spacial score (nSPS) is 15.3. The fourth-order valence-electron chi connectivity index (χ4n) is 2.52. The number of hydrazine groups is 1. The highest BCUT2D eigenvalue weighted by Crippen LogP contribution is 2.40. The van der Waals surface area contributed by atoms with Crippen LogP contribution in [0.15, 0.2) is 36.4 Å². The third-order valence-corrected chi connectivity index (χ3v) is 3.74. The number of esters is 1. The first-order valence-corrected chi connectivity index (χ1v) is 7.36. The molecular formula is C17H16N2O6. The lowest BCUT2D eigenvalue weighted by atomic mass is 10.1. The monoisotopic (exact) mass is 344 g/mol. The zero-order valence-corrected chi connectivity index (χ0v) is 13.5. The van der Waals surface area contributed by atoms with Gasteiger partial charge in [0.15, 0.2) is 17.7 Å². The summed E-state index contributed by atoms with van der Waals surface area (Å²) in [6.07, 6.45) is -0.858. The highest BCUT2D eigenvalue weighted by Gasteiger charge is 2.36. The second kappa shape index (κ2) is 6.70. The molecule has 0 aromatic heterocycles. The first kappa shape index (κ1) is 16.6. The molecule has 0 saturated heterocycles. The van der Waals surface area contributed by atoms with E-state index >= 15 is 0 Å². The van der Waals surface area contributed by atoms with Crippen molar-refractivity contribution in [3.8, 4) is 17.2 Å². The number of carbonyl (C=O) groups excluding carboxylic acids is 2. The number of phenols is 1. The molecule has 1 heterocycles. The van der Waals surface area contributed by atoms with Crippen molar-refractivity contribution in [3.05, 3.63) is 53.1 Å². The van der Waals surface area contributed by atoms with Crippen molar-refractivity contribution >= 4 is 11.9 Å². The molecule has 1 aliphatic heterocycles. The van der Waals surface area contributed by atoms with E-state index in [4.69, 9.17) is 14.2 Å². The number of cyclic esters (lactones) is 1. The molecule has 1 aliphatic rings. The number of hydrogen-bond donors (Lipinski definition) is 3. The summed E-state index contributed by atoms with van der Waals surface area (Å²) < 4.78 is 15.6. The van der Waals surface area contributed by atoms with Crippen molar-refractivity contribution in [2.75, 3.05) is 14.2 Å². The van der Waals surface area contributed by atoms with Crippen molar-refractivity contribution in [1.29, 1.82) is 0 Å². The van der Waals surface area contributed by atoms with Crippen LogP contribution >= 0.6 is 0 Å². The van der Waals surface area contributed by atoms with Crippen LogP contribution in [-0.2, 0) is 4.74 Å². The minimum absolute atomic E-state index is 0.0594. The largest absolute Gasteiger partial charge is 0.508 e. The van der Waals surface area contributed by atoms with Crippen LogP contribution in [0.1, 0.15) is 32.5 Å². The number of fused-ring (bicyclic) bond motifs is 1. The maximum Gasteiger partial charge on any atom is 0.344 e. The van der Waals surface area contributed by atoms with E-state index in [-0.39, 0.29) is 17.1 Å². The Kier molecular flexibility index (Phi) is 4.44. The van der Waals surface area contributed by atoms with E-state index in [1.54, 1.807) is 12.1 Å². The van der Waals surface area contributed by atoms with E-state index < -0.39 is 18.1 Å². The number of hydrogen-bond acceptors (Lipinski definition) is 7. The average Bonchev–Trinajstić information content (AvgIpc) is 2.95. The molecule has 3 rings (SSSR count). The first-order chi connectivity index (χ1) is 12.0. The van der Waals surface area contributed by atoms with Crippen molar-refractivity contribution in [2.24, 2.45) is 0 Å². The fraction of sp³-hybridized carbons (Fsp3) is 0.176. The summed E-state index contributed by atoms with van der Waals surface area (Å²) in [4.78, 5) is 24.2. The lowest BCUT2D eigenvalue weighted by Crippen LogP contribution is -2.40.